The molecule has 12 aromatic rings. The van der Waals surface area contributed by atoms with Crippen molar-refractivity contribution in [2.75, 3.05) is 0 Å². The van der Waals surface area contributed by atoms with E-state index in [9.17, 15) is 0 Å². The van der Waals surface area contributed by atoms with Gasteiger partial charge in [0.25, 0.3) is 0 Å². The quantitative estimate of drug-likeness (QED) is 0.160. The third kappa shape index (κ3) is 6.05. The maximum atomic E-state index is 6.42. The molecule has 0 unspecified atom stereocenters. The average molecular weight is 841 g/mol. The molecular weight excluding hydrogens is 801 g/mol. The van der Waals surface area contributed by atoms with Crippen LogP contribution in [0, 0.1) is 0 Å². The summed E-state index contributed by atoms with van der Waals surface area (Å²) in [5.74, 6) is 0.671. The lowest BCUT2D eigenvalue weighted by Gasteiger charge is -2.34. The summed E-state index contributed by atoms with van der Waals surface area (Å²) in [4.78, 5) is 10.8. The van der Waals surface area contributed by atoms with Gasteiger partial charge in [0, 0.05) is 27.5 Å². The molecule has 3 heteroatoms. The molecular formula is C63H40N2O. The number of furan rings is 1. The summed E-state index contributed by atoms with van der Waals surface area (Å²) in [5, 5.41) is 4.60. The van der Waals surface area contributed by atoms with Crippen molar-refractivity contribution in [2.24, 2.45) is 0 Å². The van der Waals surface area contributed by atoms with Crippen LogP contribution in [0.15, 0.2) is 247 Å². The Morgan fingerprint density at radius 1 is 0.318 bits per heavy atom. The molecule has 1 aliphatic rings. The number of nitrogens with zero attached hydrogens (tertiary/aromatic N) is 2. The van der Waals surface area contributed by atoms with E-state index in [0.717, 1.165) is 72.3 Å². The molecule has 0 atom stereocenters. The smallest absolute Gasteiger partial charge is 0.160 e. The van der Waals surface area contributed by atoms with Crippen molar-refractivity contribution in [3.63, 3.8) is 0 Å². The molecule has 0 saturated carbocycles. The van der Waals surface area contributed by atoms with E-state index in [0.29, 0.717) is 5.82 Å². The molecule has 0 spiro atoms. The van der Waals surface area contributed by atoms with Crippen LogP contribution >= 0.6 is 0 Å². The molecule has 0 radical (unpaired) electrons. The van der Waals surface area contributed by atoms with Gasteiger partial charge in [0.05, 0.1) is 16.8 Å². The molecule has 1 aliphatic carbocycles. The third-order valence-electron chi connectivity index (χ3n) is 13.5. The predicted molar refractivity (Wildman–Crippen MR) is 271 cm³/mol. The fourth-order valence-corrected chi connectivity index (χ4v) is 10.5. The second-order valence-electron chi connectivity index (χ2n) is 17.3. The molecule has 2 heterocycles. The zero-order valence-corrected chi connectivity index (χ0v) is 35.9. The average Bonchev–Trinajstić information content (AvgIpc) is 3.93. The zero-order valence-electron chi connectivity index (χ0n) is 35.9. The van der Waals surface area contributed by atoms with Gasteiger partial charge in [0.2, 0.25) is 0 Å². The van der Waals surface area contributed by atoms with Crippen LogP contribution in [0.25, 0.3) is 100.0 Å². The summed E-state index contributed by atoms with van der Waals surface area (Å²) >= 11 is 0. The second kappa shape index (κ2) is 15.3. The Balaban J connectivity index is 1.06. The van der Waals surface area contributed by atoms with Gasteiger partial charge in [-0.05, 0) is 115 Å². The van der Waals surface area contributed by atoms with Gasteiger partial charge >= 0.3 is 0 Å². The van der Waals surface area contributed by atoms with Crippen LogP contribution in [0.3, 0.4) is 0 Å². The van der Waals surface area contributed by atoms with Gasteiger partial charge in [-0.15, -0.1) is 0 Å². The molecule has 3 nitrogen and oxygen atoms in total. The number of benzene rings is 10. The first kappa shape index (κ1) is 37.9. The number of hydrogen-bond acceptors (Lipinski definition) is 3. The molecule has 2 aromatic heterocycles. The molecule has 0 N–H and O–H groups in total. The van der Waals surface area contributed by atoms with Crippen LogP contribution in [0.2, 0.25) is 0 Å². The summed E-state index contributed by atoms with van der Waals surface area (Å²) in [6.07, 6.45) is 0. The van der Waals surface area contributed by atoms with E-state index in [4.69, 9.17) is 14.4 Å². The summed E-state index contributed by atoms with van der Waals surface area (Å²) in [5.41, 5.74) is 17.8. The van der Waals surface area contributed by atoms with Crippen LogP contribution in [-0.4, -0.2) is 9.97 Å². The standard InChI is InChI=1S/C63H40N2O/c1-4-18-42(19-5-1)62-64-57(45-33-34-53-52-25-12-14-28-55(52)63(56(53)39-45,49-21-6-2-7-22-49)50-23-8-3-9-24-50)40-58(65-62)48-37-46(44-32-31-41-17-10-11-20-43(41)35-44)36-47(38-48)51-27-16-30-60-61(51)54-26-13-15-29-59(54)66-60/h1-40H. The SMILES string of the molecule is c1ccc(-c2nc(-c3cc(-c4ccc5ccccc5c4)cc(-c4cccc5oc6ccccc6c45)c3)cc(-c3ccc4c(c3)C(c3ccccc3)(c3ccccc3)c3ccccc3-4)n2)cc1. The Morgan fingerprint density at radius 2 is 0.909 bits per heavy atom. The van der Waals surface area contributed by atoms with Crippen LogP contribution < -0.4 is 0 Å². The number of hydrogen-bond donors (Lipinski definition) is 0. The van der Waals surface area contributed by atoms with E-state index >= 15 is 0 Å². The lowest BCUT2D eigenvalue weighted by atomic mass is 9.67. The van der Waals surface area contributed by atoms with Crippen LogP contribution in [0.1, 0.15) is 22.3 Å². The van der Waals surface area contributed by atoms with Crippen molar-refractivity contribution in [3.8, 4) is 67.3 Å². The molecule has 0 fully saturated rings. The number of para-hydroxylation sites is 1. The van der Waals surface area contributed by atoms with Crippen molar-refractivity contribution in [3.05, 3.63) is 265 Å². The summed E-state index contributed by atoms with van der Waals surface area (Å²) in [7, 11) is 0. The van der Waals surface area contributed by atoms with Gasteiger partial charge in [-0.2, -0.15) is 0 Å². The molecule has 0 aliphatic heterocycles. The number of aromatic nitrogens is 2. The Labute approximate surface area is 383 Å². The zero-order chi connectivity index (χ0) is 43.6. The first-order chi connectivity index (χ1) is 32.7. The van der Waals surface area contributed by atoms with E-state index in [1.54, 1.807) is 0 Å². The first-order valence-corrected chi connectivity index (χ1v) is 22.5. The molecule has 10 aromatic carbocycles. The normalized spacial score (nSPS) is 12.7. The van der Waals surface area contributed by atoms with Gasteiger partial charge in [-0.3, -0.25) is 0 Å². The van der Waals surface area contributed by atoms with E-state index in [1.165, 1.54) is 44.2 Å². The van der Waals surface area contributed by atoms with Gasteiger partial charge in [-0.25, -0.2) is 9.97 Å². The fraction of sp³-hybridized carbons (Fsp3) is 0.0159. The maximum absolute atomic E-state index is 6.42. The monoisotopic (exact) mass is 840 g/mol. The molecule has 0 saturated heterocycles. The van der Waals surface area contributed by atoms with Crippen molar-refractivity contribution >= 4 is 32.7 Å². The Hall–Kier alpha value is -8.66. The molecule has 308 valence electrons. The number of fused-ring (bicyclic) bond motifs is 7. The molecule has 66 heavy (non-hydrogen) atoms. The highest BCUT2D eigenvalue weighted by atomic mass is 16.3. The maximum Gasteiger partial charge on any atom is 0.160 e. The van der Waals surface area contributed by atoms with E-state index < -0.39 is 5.41 Å². The van der Waals surface area contributed by atoms with E-state index in [-0.39, 0.29) is 0 Å². The Morgan fingerprint density at radius 3 is 1.71 bits per heavy atom. The lowest BCUT2D eigenvalue weighted by Crippen LogP contribution is -2.28. The van der Waals surface area contributed by atoms with Gasteiger partial charge < -0.3 is 4.42 Å². The largest absolute Gasteiger partial charge is 0.456 e. The number of rotatable bonds is 7. The van der Waals surface area contributed by atoms with Crippen molar-refractivity contribution in [1.82, 2.24) is 9.97 Å². The van der Waals surface area contributed by atoms with Crippen molar-refractivity contribution in [1.29, 1.82) is 0 Å². The van der Waals surface area contributed by atoms with Gasteiger partial charge in [-0.1, -0.05) is 194 Å². The predicted octanol–water partition coefficient (Wildman–Crippen LogP) is 16.2. The van der Waals surface area contributed by atoms with Crippen LogP contribution in [0.5, 0.6) is 0 Å². The van der Waals surface area contributed by atoms with Gasteiger partial charge in [0.1, 0.15) is 11.2 Å². The van der Waals surface area contributed by atoms with Crippen molar-refractivity contribution < 1.29 is 4.42 Å². The minimum atomic E-state index is -0.538. The third-order valence-corrected chi connectivity index (χ3v) is 13.5. The minimum Gasteiger partial charge on any atom is -0.456 e. The Bertz CT molecular complexity index is 3780. The Kier molecular flexibility index (Phi) is 8.75. The molecule has 0 bridgehead atoms. The summed E-state index contributed by atoms with van der Waals surface area (Å²) in [6, 6.07) is 87.1. The molecule has 13 rings (SSSR count). The summed E-state index contributed by atoms with van der Waals surface area (Å²) < 4.78 is 6.42. The first-order valence-electron chi connectivity index (χ1n) is 22.5. The van der Waals surface area contributed by atoms with E-state index in [1.807, 2.05) is 18.2 Å². The lowest BCUT2D eigenvalue weighted by molar-refractivity contribution is 0.669. The fourth-order valence-electron chi connectivity index (χ4n) is 10.5. The second-order valence-corrected chi connectivity index (χ2v) is 17.3. The summed E-state index contributed by atoms with van der Waals surface area (Å²) in [6.45, 7) is 0. The molecule has 0 amide bonds. The highest BCUT2D eigenvalue weighted by molar-refractivity contribution is 6.12. The topological polar surface area (TPSA) is 38.9 Å². The van der Waals surface area contributed by atoms with E-state index in [2.05, 4.69) is 224 Å². The minimum absolute atomic E-state index is 0.538. The highest BCUT2D eigenvalue weighted by Gasteiger charge is 2.46. The highest BCUT2D eigenvalue weighted by Crippen LogP contribution is 2.56. The van der Waals surface area contributed by atoms with Gasteiger partial charge in [0.15, 0.2) is 5.82 Å². The van der Waals surface area contributed by atoms with Crippen molar-refractivity contribution in [2.45, 2.75) is 5.41 Å². The van der Waals surface area contributed by atoms with Crippen LogP contribution in [-0.2, 0) is 5.41 Å². The van der Waals surface area contributed by atoms with Crippen LogP contribution in [0.4, 0.5) is 0 Å².